The Hall–Kier alpha value is -2.53. The number of hydrogen-bond acceptors (Lipinski definition) is 4. The van der Waals surface area contributed by atoms with Crippen LogP contribution in [0.2, 0.25) is 0 Å². The fourth-order valence-corrected chi connectivity index (χ4v) is 4.01. The Morgan fingerprint density at radius 3 is 3.00 bits per heavy atom. The fraction of sp³-hybridized carbons (Fsp3) is 0.211. The molecule has 3 heterocycles. The molecule has 1 aliphatic heterocycles. The Morgan fingerprint density at radius 1 is 1.29 bits per heavy atom. The summed E-state index contributed by atoms with van der Waals surface area (Å²) in [7, 11) is 0. The number of fused-ring (bicyclic) bond motifs is 1. The first kappa shape index (κ1) is 15.0. The van der Waals surface area contributed by atoms with Gasteiger partial charge in [0.05, 0.1) is 12.1 Å². The summed E-state index contributed by atoms with van der Waals surface area (Å²) in [5.41, 5.74) is 4.09. The lowest BCUT2D eigenvalue weighted by atomic mass is 10.1. The third-order valence-electron chi connectivity index (χ3n) is 4.27. The molecule has 4 rings (SSSR count). The van der Waals surface area contributed by atoms with E-state index in [-0.39, 0.29) is 11.9 Å². The van der Waals surface area contributed by atoms with Crippen LogP contribution in [-0.2, 0) is 17.6 Å². The van der Waals surface area contributed by atoms with E-state index in [9.17, 15) is 4.79 Å². The van der Waals surface area contributed by atoms with Crippen molar-refractivity contribution in [2.45, 2.75) is 25.8 Å². The Balaban J connectivity index is 1.54. The monoisotopic (exact) mass is 335 g/mol. The average molecular weight is 335 g/mol. The minimum atomic E-state index is 0.107. The Bertz CT molecular complexity index is 875. The third kappa shape index (κ3) is 2.71. The van der Waals surface area contributed by atoms with Gasteiger partial charge in [-0.3, -0.25) is 9.78 Å². The van der Waals surface area contributed by atoms with Crippen LogP contribution in [0.5, 0.6) is 0 Å². The molecule has 0 saturated heterocycles. The lowest BCUT2D eigenvalue weighted by molar-refractivity contribution is -0.118. The van der Waals surface area contributed by atoms with Gasteiger partial charge in [-0.1, -0.05) is 18.2 Å². The molecule has 0 radical (unpaired) electrons. The SMILES string of the molecule is C[C@@H]1Cc2ccccc2N1C(=O)Cc1csc(-c2cccnc2)n1. The summed E-state index contributed by atoms with van der Waals surface area (Å²) in [6.07, 6.45) is 4.78. The van der Waals surface area contributed by atoms with Gasteiger partial charge in [-0.15, -0.1) is 11.3 Å². The molecular weight excluding hydrogens is 318 g/mol. The standard InChI is InChI=1S/C19H17N3OS/c1-13-9-14-5-2-3-7-17(14)22(13)18(23)10-16-12-24-19(21-16)15-6-4-8-20-11-15/h2-8,11-13H,9-10H2,1H3/t13-/m1/s1. The Morgan fingerprint density at radius 2 is 2.17 bits per heavy atom. The highest BCUT2D eigenvalue weighted by molar-refractivity contribution is 7.13. The van der Waals surface area contributed by atoms with Crippen molar-refractivity contribution >= 4 is 22.9 Å². The zero-order valence-electron chi connectivity index (χ0n) is 13.3. The summed E-state index contributed by atoms with van der Waals surface area (Å²) in [4.78, 5) is 23.5. The molecule has 3 aromatic rings. The number of rotatable bonds is 3. The molecule has 0 unspecified atom stereocenters. The van der Waals surface area contributed by atoms with Crippen molar-refractivity contribution in [1.82, 2.24) is 9.97 Å². The molecule has 24 heavy (non-hydrogen) atoms. The van der Waals surface area contributed by atoms with Gasteiger partial charge in [0, 0.05) is 35.1 Å². The fourth-order valence-electron chi connectivity index (χ4n) is 3.20. The smallest absolute Gasteiger partial charge is 0.233 e. The van der Waals surface area contributed by atoms with Crippen LogP contribution in [0.1, 0.15) is 18.2 Å². The van der Waals surface area contributed by atoms with Crippen LogP contribution in [0.25, 0.3) is 10.6 Å². The first-order valence-electron chi connectivity index (χ1n) is 7.97. The van der Waals surface area contributed by atoms with Gasteiger partial charge in [0.1, 0.15) is 5.01 Å². The number of para-hydroxylation sites is 1. The highest BCUT2D eigenvalue weighted by atomic mass is 32.1. The third-order valence-corrected chi connectivity index (χ3v) is 5.21. The van der Waals surface area contributed by atoms with E-state index in [4.69, 9.17) is 0 Å². The molecule has 0 bridgehead atoms. The highest BCUT2D eigenvalue weighted by Crippen LogP contribution is 2.32. The Kier molecular flexibility index (Phi) is 3.86. The summed E-state index contributed by atoms with van der Waals surface area (Å²) in [5, 5.41) is 2.87. The van der Waals surface area contributed by atoms with Crippen LogP contribution < -0.4 is 4.90 Å². The number of amides is 1. The van der Waals surface area contributed by atoms with E-state index in [0.717, 1.165) is 28.4 Å². The number of thiazole rings is 1. The number of anilines is 1. The van der Waals surface area contributed by atoms with Gasteiger partial charge in [0.15, 0.2) is 0 Å². The number of nitrogens with zero attached hydrogens (tertiary/aromatic N) is 3. The predicted molar refractivity (Wildman–Crippen MR) is 96.1 cm³/mol. The molecule has 1 aromatic carbocycles. The molecule has 120 valence electrons. The van der Waals surface area contributed by atoms with E-state index >= 15 is 0 Å². The van der Waals surface area contributed by atoms with E-state index in [1.165, 1.54) is 5.56 Å². The molecule has 1 aliphatic rings. The molecular formula is C19H17N3OS. The summed E-state index contributed by atoms with van der Waals surface area (Å²) >= 11 is 1.55. The summed E-state index contributed by atoms with van der Waals surface area (Å²) in [6.45, 7) is 2.10. The first-order valence-corrected chi connectivity index (χ1v) is 8.85. The van der Waals surface area contributed by atoms with Gasteiger partial charge >= 0.3 is 0 Å². The summed E-state index contributed by atoms with van der Waals surface area (Å²) in [5.74, 6) is 0.107. The van der Waals surface area contributed by atoms with Crippen molar-refractivity contribution < 1.29 is 4.79 Å². The minimum Gasteiger partial charge on any atom is -0.309 e. The van der Waals surface area contributed by atoms with Crippen molar-refractivity contribution in [3.8, 4) is 10.6 Å². The van der Waals surface area contributed by atoms with E-state index in [2.05, 4.69) is 23.0 Å². The number of aromatic nitrogens is 2. The molecule has 1 amide bonds. The second-order valence-corrected chi connectivity index (χ2v) is 6.87. The second-order valence-electron chi connectivity index (χ2n) is 6.01. The summed E-state index contributed by atoms with van der Waals surface area (Å²) < 4.78 is 0. The maximum Gasteiger partial charge on any atom is 0.233 e. The van der Waals surface area contributed by atoms with E-state index in [1.54, 1.807) is 23.7 Å². The van der Waals surface area contributed by atoms with Crippen molar-refractivity contribution in [2.24, 2.45) is 0 Å². The highest BCUT2D eigenvalue weighted by Gasteiger charge is 2.30. The maximum absolute atomic E-state index is 12.8. The first-order chi connectivity index (χ1) is 11.7. The van der Waals surface area contributed by atoms with Gasteiger partial charge in [0.25, 0.3) is 0 Å². The molecule has 0 fully saturated rings. The van der Waals surface area contributed by atoms with Crippen molar-refractivity contribution in [2.75, 3.05) is 4.90 Å². The van der Waals surface area contributed by atoms with Gasteiger partial charge in [-0.25, -0.2) is 4.98 Å². The number of pyridine rings is 1. The molecule has 0 N–H and O–H groups in total. The van der Waals surface area contributed by atoms with Crippen LogP contribution in [-0.4, -0.2) is 21.9 Å². The summed E-state index contributed by atoms with van der Waals surface area (Å²) in [6, 6.07) is 12.2. The van der Waals surface area contributed by atoms with Crippen LogP contribution in [0.3, 0.4) is 0 Å². The van der Waals surface area contributed by atoms with Crippen LogP contribution in [0.15, 0.2) is 54.2 Å². The van der Waals surface area contributed by atoms with Gasteiger partial charge in [-0.2, -0.15) is 0 Å². The zero-order chi connectivity index (χ0) is 16.5. The number of benzene rings is 1. The van der Waals surface area contributed by atoms with Crippen molar-refractivity contribution in [1.29, 1.82) is 0 Å². The van der Waals surface area contributed by atoms with Gasteiger partial charge in [0.2, 0.25) is 5.91 Å². The van der Waals surface area contributed by atoms with Gasteiger partial charge in [-0.05, 0) is 37.1 Å². The topological polar surface area (TPSA) is 46.1 Å². The number of carbonyl (C=O) groups excluding carboxylic acids is 1. The minimum absolute atomic E-state index is 0.107. The van der Waals surface area contributed by atoms with E-state index in [1.807, 2.05) is 40.6 Å². The average Bonchev–Trinajstić information content (AvgIpc) is 3.19. The van der Waals surface area contributed by atoms with E-state index < -0.39 is 0 Å². The van der Waals surface area contributed by atoms with Crippen molar-refractivity contribution in [3.05, 3.63) is 65.4 Å². The van der Waals surface area contributed by atoms with E-state index in [0.29, 0.717) is 6.42 Å². The lowest BCUT2D eigenvalue weighted by Gasteiger charge is -2.22. The molecule has 0 spiro atoms. The maximum atomic E-state index is 12.8. The van der Waals surface area contributed by atoms with Gasteiger partial charge < -0.3 is 4.90 Å². The lowest BCUT2D eigenvalue weighted by Crippen LogP contribution is -2.36. The van der Waals surface area contributed by atoms with Crippen LogP contribution >= 0.6 is 11.3 Å². The molecule has 0 aliphatic carbocycles. The quantitative estimate of drug-likeness (QED) is 0.733. The van der Waals surface area contributed by atoms with Crippen LogP contribution in [0.4, 0.5) is 5.69 Å². The van der Waals surface area contributed by atoms with Crippen molar-refractivity contribution in [3.63, 3.8) is 0 Å². The largest absolute Gasteiger partial charge is 0.309 e. The second kappa shape index (κ2) is 6.17. The molecule has 5 heteroatoms. The molecule has 1 atom stereocenters. The molecule has 2 aromatic heterocycles. The normalized spacial score (nSPS) is 16.2. The molecule has 4 nitrogen and oxygen atoms in total. The Labute approximate surface area is 144 Å². The zero-order valence-corrected chi connectivity index (χ0v) is 14.2. The number of carbonyl (C=O) groups is 1. The predicted octanol–water partition coefficient (Wildman–Crippen LogP) is 3.73. The number of hydrogen-bond donors (Lipinski definition) is 0. The molecule has 0 saturated carbocycles. The van der Waals surface area contributed by atoms with Crippen LogP contribution in [0, 0.1) is 0 Å².